The third-order valence-corrected chi connectivity index (χ3v) is 5.48. The monoisotopic (exact) mass is 367 g/mol. The lowest BCUT2D eigenvalue weighted by Gasteiger charge is -2.31. The van der Waals surface area contributed by atoms with Crippen molar-refractivity contribution in [1.29, 1.82) is 0 Å². The second kappa shape index (κ2) is 7.43. The van der Waals surface area contributed by atoms with Crippen LogP contribution in [0.3, 0.4) is 0 Å². The van der Waals surface area contributed by atoms with E-state index in [9.17, 15) is 4.79 Å². The first-order chi connectivity index (χ1) is 12.7. The summed E-state index contributed by atoms with van der Waals surface area (Å²) < 4.78 is 5.97. The molecule has 2 heterocycles. The number of amides is 1. The molecule has 1 saturated heterocycles. The molecule has 1 fully saturated rings. The van der Waals surface area contributed by atoms with Crippen molar-refractivity contribution < 1.29 is 9.53 Å². The van der Waals surface area contributed by atoms with Gasteiger partial charge >= 0.3 is 0 Å². The standard InChI is InChI=1S/C20H21N3O2S/c1-22-9-11-23(12-10-22)20(24)17-14-26-19(21-17)13-25-18-8-4-6-15-5-2-3-7-16(15)18/h2-8,14H,9-13H2,1H3. The zero-order valence-electron chi connectivity index (χ0n) is 14.7. The lowest BCUT2D eigenvalue weighted by Crippen LogP contribution is -2.47. The van der Waals surface area contributed by atoms with Crippen LogP contribution in [0.15, 0.2) is 47.8 Å². The molecule has 0 radical (unpaired) electrons. The molecule has 0 N–H and O–H groups in total. The molecule has 1 amide bonds. The molecule has 134 valence electrons. The number of hydrogen-bond donors (Lipinski definition) is 0. The van der Waals surface area contributed by atoms with Crippen LogP contribution in [0.1, 0.15) is 15.5 Å². The summed E-state index contributed by atoms with van der Waals surface area (Å²) in [5.41, 5.74) is 0.524. The summed E-state index contributed by atoms with van der Waals surface area (Å²) >= 11 is 1.47. The van der Waals surface area contributed by atoms with Crippen LogP contribution in [0.4, 0.5) is 0 Å². The number of rotatable bonds is 4. The van der Waals surface area contributed by atoms with Gasteiger partial charge in [-0.2, -0.15) is 0 Å². The van der Waals surface area contributed by atoms with E-state index in [-0.39, 0.29) is 5.91 Å². The molecule has 3 aromatic rings. The Morgan fingerprint density at radius 3 is 2.73 bits per heavy atom. The molecule has 1 aliphatic heterocycles. The van der Waals surface area contributed by atoms with Gasteiger partial charge in [0.2, 0.25) is 0 Å². The van der Waals surface area contributed by atoms with E-state index in [1.165, 1.54) is 11.3 Å². The van der Waals surface area contributed by atoms with Crippen LogP contribution in [0.2, 0.25) is 0 Å². The summed E-state index contributed by atoms with van der Waals surface area (Å²) in [4.78, 5) is 21.2. The van der Waals surface area contributed by atoms with Gasteiger partial charge in [0.1, 0.15) is 23.1 Å². The van der Waals surface area contributed by atoms with Crippen molar-refractivity contribution in [3.63, 3.8) is 0 Å². The summed E-state index contributed by atoms with van der Waals surface area (Å²) in [5, 5.41) is 4.88. The Morgan fingerprint density at radius 2 is 1.88 bits per heavy atom. The van der Waals surface area contributed by atoms with Gasteiger partial charge in [-0.3, -0.25) is 4.79 Å². The number of benzene rings is 2. The molecule has 26 heavy (non-hydrogen) atoms. The van der Waals surface area contributed by atoms with E-state index in [0.717, 1.165) is 47.7 Å². The fourth-order valence-electron chi connectivity index (χ4n) is 3.11. The first-order valence-electron chi connectivity index (χ1n) is 8.73. The second-order valence-corrected chi connectivity index (χ2v) is 7.43. The molecule has 5 nitrogen and oxygen atoms in total. The minimum absolute atomic E-state index is 0.0192. The number of hydrogen-bond acceptors (Lipinski definition) is 5. The minimum atomic E-state index is 0.0192. The van der Waals surface area contributed by atoms with E-state index in [1.807, 2.05) is 34.5 Å². The Labute approximate surface area is 156 Å². The highest BCUT2D eigenvalue weighted by Crippen LogP contribution is 2.26. The summed E-state index contributed by atoms with van der Waals surface area (Å²) in [6.07, 6.45) is 0. The third kappa shape index (κ3) is 3.57. The number of nitrogens with zero attached hydrogens (tertiary/aromatic N) is 3. The molecule has 1 aliphatic rings. The van der Waals surface area contributed by atoms with Crippen LogP contribution < -0.4 is 4.74 Å². The fourth-order valence-corrected chi connectivity index (χ4v) is 3.79. The van der Waals surface area contributed by atoms with Gasteiger partial charge in [-0.05, 0) is 18.5 Å². The van der Waals surface area contributed by atoms with Crippen molar-refractivity contribution in [3.05, 3.63) is 58.5 Å². The summed E-state index contributed by atoms with van der Waals surface area (Å²) in [6.45, 7) is 3.71. The zero-order chi connectivity index (χ0) is 17.9. The Morgan fingerprint density at radius 1 is 1.12 bits per heavy atom. The molecule has 0 unspecified atom stereocenters. The number of carbonyl (C=O) groups excluding carboxylic acids is 1. The topological polar surface area (TPSA) is 45.7 Å². The summed E-state index contributed by atoms with van der Waals surface area (Å²) in [7, 11) is 2.08. The Bertz CT molecular complexity index is 911. The molecule has 2 aromatic carbocycles. The van der Waals surface area contributed by atoms with E-state index in [0.29, 0.717) is 12.3 Å². The van der Waals surface area contributed by atoms with Crippen LogP contribution in [0.5, 0.6) is 5.75 Å². The van der Waals surface area contributed by atoms with E-state index < -0.39 is 0 Å². The Hall–Kier alpha value is -2.44. The smallest absolute Gasteiger partial charge is 0.273 e. The maximum atomic E-state index is 12.6. The van der Waals surface area contributed by atoms with Gasteiger partial charge in [-0.15, -0.1) is 11.3 Å². The molecule has 0 aliphatic carbocycles. The summed E-state index contributed by atoms with van der Waals surface area (Å²) in [5.74, 6) is 0.857. The maximum absolute atomic E-state index is 12.6. The molecule has 4 rings (SSSR count). The normalized spacial score (nSPS) is 15.3. The maximum Gasteiger partial charge on any atom is 0.273 e. The number of fused-ring (bicyclic) bond motifs is 1. The zero-order valence-corrected chi connectivity index (χ0v) is 15.5. The lowest BCUT2D eigenvalue weighted by atomic mass is 10.1. The molecule has 1 aromatic heterocycles. The number of thiazole rings is 1. The van der Waals surface area contributed by atoms with Crippen LogP contribution >= 0.6 is 11.3 Å². The van der Waals surface area contributed by atoms with E-state index in [2.05, 4.69) is 35.1 Å². The van der Waals surface area contributed by atoms with Crippen LogP contribution in [0.25, 0.3) is 10.8 Å². The molecule has 0 atom stereocenters. The quantitative estimate of drug-likeness (QED) is 0.710. The second-order valence-electron chi connectivity index (χ2n) is 6.49. The number of ether oxygens (including phenoxy) is 1. The predicted molar refractivity (Wildman–Crippen MR) is 104 cm³/mol. The molecule has 0 spiro atoms. The molecule has 0 saturated carbocycles. The highest BCUT2D eigenvalue weighted by atomic mass is 32.1. The SMILES string of the molecule is CN1CCN(C(=O)c2csc(COc3cccc4ccccc34)n2)CC1. The van der Waals surface area contributed by atoms with Gasteiger partial charge in [0, 0.05) is 36.9 Å². The predicted octanol–water partition coefficient (Wildman–Crippen LogP) is 3.26. The average Bonchev–Trinajstić information content (AvgIpc) is 3.15. The largest absolute Gasteiger partial charge is 0.486 e. The van der Waals surface area contributed by atoms with Gasteiger partial charge in [-0.25, -0.2) is 4.98 Å². The number of carbonyl (C=O) groups is 1. The lowest BCUT2D eigenvalue weighted by molar-refractivity contribution is 0.0658. The van der Waals surface area contributed by atoms with Crippen molar-refractivity contribution in [2.75, 3.05) is 33.2 Å². The number of aromatic nitrogens is 1. The first kappa shape index (κ1) is 17.0. The molecule has 0 bridgehead atoms. The van der Waals surface area contributed by atoms with Crippen LogP contribution in [-0.2, 0) is 6.61 Å². The fraction of sp³-hybridized carbons (Fsp3) is 0.300. The number of likely N-dealkylation sites (N-methyl/N-ethyl adjacent to an activating group) is 1. The van der Waals surface area contributed by atoms with Crippen molar-refractivity contribution in [2.45, 2.75) is 6.61 Å². The first-order valence-corrected chi connectivity index (χ1v) is 9.61. The van der Waals surface area contributed by atoms with Gasteiger partial charge in [0.25, 0.3) is 5.91 Å². The van der Waals surface area contributed by atoms with E-state index in [4.69, 9.17) is 4.74 Å². The van der Waals surface area contributed by atoms with Crippen molar-refractivity contribution in [3.8, 4) is 5.75 Å². The van der Waals surface area contributed by atoms with Crippen molar-refractivity contribution in [2.24, 2.45) is 0 Å². The van der Waals surface area contributed by atoms with Crippen molar-refractivity contribution >= 4 is 28.0 Å². The molecular formula is C20H21N3O2S. The van der Waals surface area contributed by atoms with Gasteiger partial charge in [0.15, 0.2) is 0 Å². The highest BCUT2D eigenvalue weighted by Gasteiger charge is 2.22. The van der Waals surface area contributed by atoms with E-state index >= 15 is 0 Å². The van der Waals surface area contributed by atoms with Crippen LogP contribution in [0, 0.1) is 0 Å². The van der Waals surface area contributed by atoms with Gasteiger partial charge < -0.3 is 14.5 Å². The van der Waals surface area contributed by atoms with Crippen LogP contribution in [-0.4, -0.2) is 53.9 Å². The Kier molecular flexibility index (Phi) is 4.86. The third-order valence-electron chi connectivity index (χ3n) is 4.66. The molecular weight excluding hydrogens is 346 g/mol. The van der Waals surface area contributed by atoms with E-state index in [1.54, 1.807) is 0 Å². The average molecular weight is 367 g/mol. The number of piperazine rings is 1. The minimum Gasteiger partial charge on any atom is -0.486 e. The Balaban J connectivity index is 1.43. The highest BCUT2D eigenvalue weighted by molar-refractivity contribution is 7.09. The summed E-state index contributed by atoms with van der Waals surface area (Å²) in [6, 6.07) is 14.2. The van der Waals surface area contributed by atoms with Crippen molar-refractivity contribution in [1.82, 2.24) is 14.8 Å². The van der Waals surface area contributed by atoms with Gasteiger partial charge in [0.05, 0.1) is 0 Å². The molecule has 6 heteroatoms. The van der Waals surface area contributed by atoms with Gasteiger partial charge in [-0.1, -0.05) is 36.4 Å².